The number of aliphatic carboxylic acids is 1. The normalized spacial score (nSPS) is 20.6. The molecule has 0 bridgehead atoms. The van der Waals surface area contributed by atoms with Crippen molar-refractivity contribution in [1.82, 2.24) is 15.1 Å². The Morgan fingerprint density at radius 1 is 1.50 bits per heavy atom. The van der Waals surface area contributed by atoms with E-state index in [2.05, 4.69) is 10.4 Å². The number of carboxylic acid groups (broad SMARTS) is 1. The number of carboxylic acids is 1. The monoisotopic (exact) mass is 281 g/mol. The van der Waals surface area contributed by atoms with Gasteiger partial charge in [0.1, 0.15) is 0 Å². The molecule has 1 saturated carbocycles. The molecule has 2 rings (SSSR count). The minimum Gasteiger partial charge on any atom is -0.481 e. The van der Waals surface area contributed by atoms with E-state index in [-0.39, 0.29) is 5.91 Å². The number of rotatable bonds is 6. The first-order chi connectivity index (χ1) is 9.49. The Bertz CT molecular complexity index is 538. The number of aryl methyl sites for hydroxylation is 2. The molecule has 1 heterocycles. The summed E-state index contributed by atoms with van der Waals surface area (Å²) in [5, 5.41) is 15.9. The Morgan fingerprint density at radius 3 is 2.70 bits per heavy atom. The Morgan fingerprint density at radius 2 is 2.20 bits per heavy atom. The molecule has 0 spiro atoms. The van der Waals surface area contributed by atoms with E-state index in [1.807, 2.05) is 6.92 Å². The zero-order valence-corrected chi connectivity index (χ0v) is 11.8. The van der Waals surface area contributed by atoms with Crippen LogP contribution < -0.4 is 10.1 Å². The first-order valence-corrected chi connectivity index (χ1v) is 6.58. The van der Waals surface area contributed by atoms with Crippen molar-refractivity contribution in [3.63, 3.8) is 0 Å². The summed E-state index contributed by atoms with van der Waals surface area (Å²) in [7, 11) is 3.34. The molecule has 20 heavy (non-hydrogen) atoms. The zero-order valence-electron chi connectivity index (χ0n) is 11.8. The standard InChI is InChI=1S/C13H19N3O4/c1-4-10-9(12(20-3)16(2)15-10)6-14-11(17)7-5-8(7)13(18)19/h7-8H,4-6H2,1-3H3,(H,14,17)(H,18,19). The van der Waals surface area contributed by atoms with Crippen molar-refractivity contribution < 1.29 is 19.4 Å². The number of hydrogen-bond acceptors (Lipinski definition) is 4. The quantitative estimate of drug-likeness (QED) is 0.783. The van der Waals surface area contributed by atoms with Crippen LogP contribution in [-0.4, -0.2) is 33.9 Å². The number of aromatic nitrogens is 2. The number of nitrogens with zero attached hydrogens (tertiary/aromatic N) is 2. The largest absolute Gasteiger partial charge is 0.481 e. The van der Waals surface area contributed by atoms with E-state index in [0.29, 0.717) is 18.8 Å². The van der Waals surface area contributed by atoms with Crippen molar-refractivity contribution in [2.45, 2.75) is 26.3 Å². The maximum atomic E-state index is 11.9. The third-order valence-corrected chi connectivity index (χ3v) is 3.58. The predicted molar refractivity (Wildman–Crippen MR) is 70.2 cm³/mol. The van der Waals surface area contributed by atoms with Gasteiger partial charge in [-0.15, -0.1) is 0 Å². The lowest BCUT2D eigenvalue weighted by Gasteiger charge is -2.07. The van der Waals surface area contributed by atoms with E-state index in [4.69, 9.17) is 9.84 Å². The van der Waals surface area contributed by atoms with Gasteiger partial charge in [0, 0.05) is 13.6 Å². The van der Waals surface area contributed by atoms with Gasteiger partial charge in [-0.3, -0.25) is 9.59 Å². The molecule has 0 radical (unpaired) electrons. The van der Waals surface area contributed by atoms with Crippen LogP contribution in [0.3, 0.4) is 0 Å². The minimum absolute atomic E-state index is 0.217. The zero-order chi connectivity index (χ0) is 14.9. The van der Waals surface area contributed by atoms with Crippen molar-refractivity contribution in [2.75, 3.05) is 7.11 Å². The third kappa shape index (κ3) is 2.61. The van der Waals surface area contributed by atoms with Crippen LogP contribution >= 0.6 is 0 Å². The second-order valence-corrected chi connectivity index (χ2v) is 4.92. The number of ether oxygens (including phenoxy) is 1. The second kappa shape index (κ2) is 5.52. The van der Waals surface area contributed by atoms with Gasteiger partial charge in [0.15, 0.2) is 0 Å². The summed E-state index contributed by atoms with van der Waals surface area (Å²) in [5.74, 6) is -1.44. The maximum absolute atomic E-state index is 11.9. The number of hydrogen-bond donors (Lipinski definition) is 2. The summed E-state index contributed by atoms with van der Waals surface area (Å²) >= 11 is 0. The molecular formula is C13H19N3O4. The number of amides is 1. The summed E-state index contributed by atoms with van der Waals surface area (Å²) in [6.07, 6.45) is 1.16. The average molecular weight is 281 g/mol. The summed E-state index contributed by atoms with van der Waals surface area (Å²) in [5.41, 5.74) is 1.72. The fourth-order valence-electron chi connectivity index (χ4n) is 2.39. The van der Waals surface area contributed by atoms with Crippen LogP contribution in [0.1, 0.15) is 24.6 Å². The number of nitrogens with one attached hydrogen (secondary N) is 1. The molecule has 0 aliphatic heterocycles. The van der Waals surface area contributed by atoms with Gasteiger partial charge in [-0.2, -0.15) is 5.10 Å². The molecule has 1 fully saturated rings. The van der Waals surface area contributed by atoms with Gasteiger partial charge >= 0.3 is 5.97 Å². The first kappa shape index (κ1) is 14.4. The third-order valence-electron chi connectivity index (χ3n) is 3.58. The highest BCUT2D eigenvalue weighted by Gasteiger charge is 2.48. The first-order valence-electron chi connectivity index (χ1n) is 6.58. The molecule has 2 atom stereocenters. The average Bonchev–Trinajstić information content (AvgIpc) is 3.15. The lowest BCUT2D eigenvalue weighted by Crippen LogP contribution is -2.26. The van der Waals surface area contributed by atoms with Gasteiger partial charge in [0.25, 0.3) is 0 Å². The molecule has 1 aliphatic rings. The smallest absolute Gasteiger partial charge is 0.307 e. The fourth-order valence-corrected chi connectivity index (χ4v) is 2.39. The van der Waals surface area contributed by atoms with Crippen molar-refractivity contribution >= 4 is 11.9 Å². The highest BCUT2D eigenvalue weighted by atomic mass is 16.5. The fraction of sp³-hybridized carbons (Fsp3) is 0.615. The van der Waals surface area contributed by atoms with Crippen molar-refractivity contribution in [1.29, 1.82) is 0 Å². The molecule has 1 aromatic rings. The van der Waals surface area contributed by atoms with Crippen LogP contribution in [0.4, 0.5) is 0 Å². The van der Waals surface area contributed by atoms with Gasteiger partial charge in [-0.05, 0) is 12.8 Å². The number of carbonyl (C=O) groups is 2. The SMILES string of the molecule is CCc1nn(C)c(OC)c1CNC(=O)C1CC1C(=O)O. The van der Waals surface area contributed by atoms with Crippen molar-refractivity contribution in [2.24, 2.45) is 18.9 Å². The molecule has 7 nitrogen and oxygen atoms in total. The van der Waals surface area contributed by atoms with E-state index >= 15 is 0 Å². The molecule has 1 aromatic heterocycles. The van der Waals surface area contributed by atoms with Crippen molar-refractivity contribution in [3.05, 3.63) is 11.3 Å². The van der Waals surface area contributed by atoms with E-state index in [0.717, 1.165) is 17.7 Å². The van der Waals surface area contributed by atoms with Crippen LogP contribution in [0.5, 0.6) is 5.88 Å². The van der Waals surface area contributed by atoms with E-state index in [9.17, 15) is 9.59 Å². The van der Waals surface area contributed by atoms with Gasteiger partial charge in [-0.1, -0.05) is 6.92 Å². The molecule has 110 valence electrons. The molecule has 0 saturated heterocycles. The van der Waals surface area contributed by atoms with Crippen LogP contribution in [0.15, 0.2) is 0 Å². The van der Waals surface area contributed by atoms with Gasteiger partial charge in [0.05, 0.1) is 30.2 Å². The molecule has 2 unspecified atom stereocenters. The molecule has 0 aromatic carbocycles. The van der Waals surface area contributed by atoms with Crippen LogP contribution in [-0.2, 0) is 29.6 Å². The van der Waals surface area contributed by atoms with Crippen LogP contribution in [0, 0.1) is 11.8 Å². The molecule has 1 aliphatic carbocycles. The summed E-state index contributed by atoms with van der Waals surface area (Å²) in [4.78, 5) is 22.6. The van der Waals surface area contributed by atoms with Crippen molar-refractivity contribution in [3.8, 4) is 5.88 Å². The maximum Gasteiger partial charge on any atom is 0.307 e. The second-order valence-electron chi connectivity index (χ2n) is 4.92. The number of carbonyl (C=O) groups excluding carboxylic acids is 1. The summed E-state index contributed by atoms with van der Waals surface area (Å²) < 4.78 is 6.92. The highest BCUT2D eigenvalue weighted by Crippen LogP contribution is 2.38. The lowest BCUT2D eigenvalue weighted by molar-refractivity contribution is -0.140. The molecule has 7 heteroatoms. The topological polar surface area (TPSA) is 93.5 Å². The summed E-state index contributed by atoms with van der Waals surface area (Å²) in [6, 6.07) is 0. The number of methoxy groups -OCH3 is 1. The lowest BCUT2D eigenvalue weighted by atomic mass is 10.2. The van der Waals surface area contributed by atoms with Crippen LogP contribution in [0.25, 0.3) is 0 Å². The molecule has 1 amide bonds. The highest BCUT2D eigenvalue weighted by molar-refractivity contribution is 5.89. The Labute approximate surface area is 116 Å². The van der Waals surface area contributed by atoms with Gasteiger partial charge < -0.3 is 15.2 Å². The Hall–Kier alpha value is -2.05. The molecule has 2 N–H and O–H groups in total. The van der Waals surface area contributed by atoms with Gasteiger partial charge in [0.2, 0.25) is 11.8 Å². The van der Waals surface area contributed by atoms with Crippen LogP contribution in [0.2, 0.25) is 0 Å². The summed E-state index contributed by atoms with van der Waals surface area (Å²) in [6.45, 7) is 2.29. The Balaban J connectivity index is 2.01. The van der Waals surface area contributed by atoms with Gasteiger partial charge in [-0.25, -0.2) is 4.68 Å². The van der Waals surface area contributed by atoms with E-state index in [1.54, 1.807) is 18.8 Å². The molecular weight excluding hydrogens is 262 g/mol. The predicted octanol–water partition coefficient (Wildman–Crippen LogP) is 0.328. The van der Waals surface area contributed by atoms with E-state index in [1.165, 1.54) is 0 Å². The minimum atomic E-state index is -0.904. The Kier molecular flexibility index (Phi) is 3.96. The van der Waals surface area contributed by atoms with E-state index < -0.39 is 17.8 Å².